The lowest BCUT2D eigenvalue weighted by Crippen LogP contribution is -2.31. The van der Waals surface area contributed by atoms with E-state index in [9.17, 15) is 4.79 Å². The minimum Gasteiger partial charge on any atom is -0.497 e. The third-order valence-electron chi connectivity index (χ3n) is 3.73. The Labute approximate surface area is 136 Å². The topological polar surface area (TPSA) is 47.6 Å². The SMILES string of the molecule is COCCCC1CC(c2cccc(OC)c2)=CC(=O)NC1=S. The van der Waals surface area contributed by atoms with Gasteiger partial charge < -0.3 is 14.8 Å². The van der Waals surface area contributed by atoms with Gasteiger partial charge >= 0.3 is 0 Å². The molecule has 1 N–H and O–H groups in total. The number of benzene rings is 1. The van der Waals surface area contributed by atoms with Gasteiger partial charge in [0, 0.05) is 25.7 Å². The lowest BCUT2D eigenvalue weighted by molar-refractivity contribution is -0.115. The Balaban J connectivity index is 2.20. The Kier molecular flexibility index (Phi) is 6.10. The molecule has 4 nitrogen and oxygen atoms in total. The largest absolute Gasteiger partial charge is 0.497 e. The molecule has 1 atom stereocenters. The van der Waals surface area contributed by atoms with E-state index in [1.165, 1.54) is 0 Å². The molecule has 0 aliphatic carbocycles. The molecule has 0 bridgehead atoms. The lowest BCUT2D eigenvalue weighted by atomic mass is 9.91. The number of carbonyl (C=O) groups is 1. The summed E-state index contributed by atoms with van der Waals surface area (Å²) in [7, 11) is 3.32. The van der Waals surface area contributed by atoms with Crippen molar-refractivity contribution in [1.29, 1.82) is 0 Å². The van der Waals surface area contributed by atoms with E-state index < -0.39 is 0 Å². The average Bonchev–Trinajstić information content (AvgIpc) is 2.66. The van der Waals surface area contributed by atoms with E-state index >= 15 is 0 Å². The number of thiocarbonyl (C=S) groups is 1. The van der Waals surface area contributed by atoms with Crippen LogP contribution in [0.2, 0.25) is 0 Å². The van der Waals surface area contributed by atoms with Crippen LogP contribution in [0.15, 0.2) is 30.3 Å². The van der Waals surface area contributed by atoms with Crippen molar-refractivity contribution < 1.29 is 14.3 Å². The van der Waals surface area contributed by atoms with E-state index in [4.69, 9.17) is 21.7 Å². The smallest absolute Gasteiger partial charge is 0.249 e. The maximum absolute atomic E-state index is 12.0. The average molecular weight is 319 g/mol. The van der Waals surface area contributed by atoms with Gasteiger partial charge in [0.05, 0.1) is 12.1 Å². The molecule has 1 unspecified atom stereocenters. The number of amides is 1. The van der Waals surface area contributed by atoms with Gasteiger partial charge in [0.25, 0.3) is 0 Å². The summed E-state index contributed by atoms with van der Waals surface area (Å²) < 4.78 is 10.4. The number of hydrogen-bond donors (Lipinski definition) is 1. The summed E-state index contributed by atoms with van der Waals surface area (Å²) in [6.45, 7) is 0.700. The van der Waals surface area contributed by atoms with E-state index in [1.54, 1.807) is 20.3 Å². The minimum atomic E-state index is -0.155. The highest BCUT2D eigenvalue weighted by atomic mass is 32.1. The van der Waals surface area contributed by atoms with Gasteiger partial charge in [0.2, 0.25) is 5.91 Å². The molecule has 0 saturated heterocycles. The van der Waals surface area contributed by atoms with Crippen molar-refractivity contribution in [3.05, 3.63) is 35.9 Å². The molecule has 1 aliphatic rings. The Hall–Kier alpha value is -1.72. The molecule has 118 valence electrons. The van der Waals surface area contributed by atoms with Crippen LogP contribution in [0, 0.1) is 5.92 Å². The minimum absolute atomic E-state index is 0.147. The summed E-state index contributed by atoms with van der Waals surface area (Å²) in [6, 6.07) is 7.75. The van der Waals surface area contributed by atoms with Crippen molar-refractivity contribution in [2.24, 2.45) is 5.92 Å². The molecule has 1 aromatic rings. The van der Waals surface area contributed by atoms with Gasteiger partial charge in [0.1, 0.15) is 5.75 Å². The van der Waals surface area contributed by atoms with E-state index in [-0.39, 0.29) is 11.8 Å². The van der Waals surface area contributed by atoms with Crippen LogP contribution in [0.1, 0.15) is 24.8 Å². The van der Waals surface area contributed by atoms with Crippen molar-refractivity contribution in [2.75, 3.05) is 20.8 Å². The first-order valence-corrected chi connectivity index (χ1v) is 7.73. The third kappa shape index (κ3) is 4.39. The molecule has 5 heteroatoms. The zero-order valence-corrected chi connectivity index (χ0v) is 13.7. The van der Waals surface area contributed by atoms with Crippen LogP contribution in [0.5, 0.6) is 5.75 Å². The van der Waals surface area contributed by atoms with Crippen LogP contribution in [0.4, 0.5) is 0 Å². The second-order valence-electron chi connectivity index (χ2n) is 5.29. The number of allylic oxidation sites excluding steroid dienone is 1. The summed E-state index contributed by atoms with van der Waals surface area (Å²) in [4.78, 5) is 12.6. The van der Waals surface area contributed by atoms with E-state index in [0.29, 0.717) is 11.6 Å². The second-order valence-corrected chi connectivity index (χ2v) is 5.73. The first-order valence-electron chi connectivity index (χ1n) is 7.32. The van der Waals surface area contributed by atoms with Gasteiger partial charge in [-0.2, -0.15) is 0 Å². The predicted molar refractivity (Wildman–Crippen MR) is 90.9 cm³/mol. The highest BCUT2D eigenvalue weighted by Crippen LogP contribution is 2.29. The molecule has 22 heavy (non-hydrogen) atoms. The molecule has 0 spiro atoms. The highest BCUT2D eigenvalue weighted by Gasteiger charge is 2.22. The highest BCUT2D eigenvalue weighted by molar-refractivity contribution is 7.80. The second kappa shape index (κ2) is 8.06. The molecule has 1 aromatic carbocycles. The molecular weight excluding hydrogens is 298 g/mol. The van der Waals surface area contributed by atoms with E-state index in [2.05, 4.69) is 5.32 Å². The predicted octanol–water partition coefficient (Wildman–Crippen LogP) is 2.97. The van der Waals surface area contributed by atoms with Gasteiger partial charge in [-0.05, 0) is 42.5 Å². The summed E-state index contributed by atoms with van der Waals surface area (Å²) in [5, 5.41) is 2.79. The Morgan fingerprint density at radius 2 is 2.18 bits per heavy atom. The Bertz CT molecular complexity index is 583. The molecule has 2 rings (SSSR count). The van der Waals surface area contributed by atoms with Crippen LogP contribution in [-0.4, -0.2) is 31.7 Å². The van der Waals surface area contributed by atoms with Crippen molar-refractivity contribution in [3.8, 4) is 5.75 Å². The summed E-state index contributed by atoms with van der Waals surface area (Å²) >= 11 is 5.36. The fraction of sp³-hybridized carbons (Fsp3) is 0.412. The van der Waals surface area contributed by atoms with E-state index in [0.717, 1.165) is 36.1 Å². The monoisotopic (exact) mass is 319 g/mol. The molecule has 0 fully saturated rings. The molecule has 0 saturated carbocycles. The molecule has 0 radical (unpaired) electrons. The van der Waals surface area contributed by atoms with Crippen LogP contribution in [0.25, 0.3) is 5.57 Å². The van der Waals surface area contributed by atoms with Crippen LogP contribution in [0.3, 0.4) is 0 Å². The van der Waals surface area contributed by atoms with Gasteiger partial charge in [-0.1, -0.05) is 24.4 Å². The quantitative estimate of drug-likeness (QED) is 0.647. The molecule has 0 aromatic heterocycles. The fourth-order valence-electron chi connectivity index (χ4n) is 2.57. The molecular formula is C17H21NO3S. The Morgan fingerprint density at radius 3 is 2.91 bits per heavy atom. The maximum Gasteiger partial charge on any atom is 0.249 e. The van der Waals surface area contributed by atoms with Crippen LogP contribution >= 0.6 is 12.2 Å². The molecule has 1 heterocycles. The van der Waals surface area contributed by atoms with Crippen LogP contribution < -0.4 is 10.1 Å². The first-order chi connectivity index (χ1) is 10.6. The summed E-state index contributed by atoms with van der Waals surface area (Å²) in [5.41, 5.74) is 1.98. The third-order valence-corrected chi connectivity index (χ3v) is 4.17. The van der Waals surface area contributed by atoms with Crippen molar-refractivity contribution in [3.63, 3.8) is 0 Å². The summed E-state index contributed by atoms with van der Waals surface area (Å²) in [6.07, 6.45) is 4.20. The molecule has 1 aliphatic heterocycles. The van der Waals surface area contributed by atoms with Gasteiger partial charge in [-0.15, -0.1) is 0 Å². The van der Waals surface area contributed by atoms with Gasteiger partial charge in [0.15, 0.2) is 0 Å². The van der Waals surface area contributed by atoms with E-state index in [1.807, 2.05) is 24.3 Å². The first kappa shape index (κ1) is 16.6. The van der Waals surface area contributed by atoms with Gasteiger partial charge in [-0.25, -0.2) is 0 Å². The maximum atomic E-state index is 12.0. The number of carbonyl (C=O) groups excluding carboxylic acids is 1. The summed E-state index contributed by atoms with van der Waals surface area (Å²) in [5.74, 6) is 0.771. The number of methoxy groups -OCH3 is 2. The molecule has 1 amide bonds. The van der Waals surface area contributed by atoms with Crippen molar-refractivity contribution >= 4 is 28.7 Å². The van der Waals surface area contributed by atoms with Crippen LogP contribution in [-0.2, 0) is 9.53 Å². The standard InChI is InChI=1S/C17H21NO3S/c1-20-8-4-6-13-9-14(11-16(19)18-17(13)22)12-5-3-7-15(10-12)21-2/h3,5,7,10-11,13H,4,6,8-9H2,1-2H3,(H,18,19,22). The normalized spacial score (nSPS) is 18.5. The zero-order chi connectivity index (χ0) is 15.9. The van der Waals surface area contributed by atoms with Gasteiger partial charge in [-0.3, -0.25) is 4.79 Å². The number of ether oxygens (including phenoxy) is 2. The fourth-order valence-corrected chi connectivity index (χ4v) is 2.87. The number of nitrogens with one attached hydrogen (secondary N) is 1. The lowest BCUT2D eigenvalue weighted by Gasteiger charge is -2.17. The number of rotatable bonds is 6. The van der Waals surface area contributed by atoms with Crippen molar-refractivity contribution in [2.45, 2.75) is 19.3 Å². The zero-order valence-electron chi connectivity index (χ0n) is 12.9. The van der Waals surface area contributed by atoms with Crippen molar-refractivity contribution in [1.82, 2.24) is 5.32 Å². The Morgan fingerprint density at radius 1 is 1.36 bits per heavy atom. The number of hydrogen-bond acceptors (Lipinski definition) is 4.